The number of hydrogen-bond donors (Lipinski definition) is 1. The first-order valence-corrected chi connectivity index (χ1v) is 9.23. The SMILES string of the molecule is CCOC(=O)CCS[C@H]1C2C(=O)O[C@@H]3CC[C@H](C[C@@H]1C)[C@]23O. The summed E-state index contributed by atoms with van der Waals surface area (Å²) in [5.41, 5.74) is -0.981. The van der Waals surface area contributed by atoms with E-state index in [2.05, 4.69) is 6.92 Å². The zero-order chi connectivity index (χ0) is 15.9. The number of carbonyl (C=O) groups excluding carboxylic acids is 2. The zero-order valence-corrected chi connectivity index (χ0v) is 13.9. The average molecular weight is 328 g/mol. The summed E-state index contributed by atoms with van der Waals surface area (Å²) in [6.07, 6.45) is 2.66. The van der Waals surface area contributed by atoms with Crippen molar-refractivity contribution < 1.29 is 24.2 Å². The summed E-state index contributed by atoms with van der Waals surface area (Å²) in [6.45, 7) is 4.32. The van der Waals surface area contributed by atoms with Gasteiger partial charge in [0, 0.05) is 11.0 Å². The molecule has 6 atom stereocenters. The van der Waals surface area contributed by atoms with Crippen molar-refractivity contribution in [3.05, 3.63) is 0 Å². The number of esters is 2. The number of thioether (sulfide) groups is 1. The van der Waals surface area contributed by atoms with Crippen molar-refractivity contribution in [2.45, 2.75) is 56.5 Å². The van der Waals surface area contributed by atoms with E-state index < -0.39 is 11.5 Å². The summed E-state index contributed by atoms with van der Waals surface area (Å²) in [5.74, 6) is 0.224. The lowest BCUT2D eigenvalue weighted by molar-refractivity contribution is -0.145. The van der Waals surface area contributed by atoms with Crippen LogP contribution in [-0.2, 0) is 19.1 Å². The van der Waals surface area contributed by atoms with E-state index in [0.29, 0.717) is 24.7 Å². The van der Waals surface area contributed by atoms with Crippen LogP contribution in [0.25, 0.3) is 0 Å². The van der Waals surface area contributed by atoms with Crippen molar-refractivity contribution in [3.63, 3.8) is 0 Å². The van der Waals surface area contributed by atoms with Crippen molar-refractivity contribution in [1.82, 2.24) is 0 Å². The van der Waals surface area contributed by atoms with E-state index in [1.807, 2.05) is 0 Å². The highest BCUT2D eigenvalue weighted by molar-refractivity contribution is 8.00. The molecule has 0 aromatic heterocycles. The van der Waals surface area contributed by atoms with Gasteiger partial charge >= 0.3 is 11.9 Å². The van der Waals surface area contributed by atoms with E-state index in [-0.39, 0.29) is 29.2 Å². The molecule has 0 radical (unpaired) electrons. The number of aliphatic hydroxyl groups is 1. The minimum atomic E-state index is -0.981. The summed E-state index contributed by atoms with van der Waals surface area (Å²) < 4.78 is 10.4. The van der Waals surface area contributed by atoms with Gasteiger partial charge in [-0.05, 0) is 38.0 Å². The lowest BCUT2D eigenvalue weighted by Crippen LogP contribution is -2.55. The summed E-state index contributed by atoms with van der Waals surface area (Å²) in [7, 11) is 0. The van der Waals surface area contributed by atoms with Crippen molar-refractivity contribution in [1.29, 1.82) is 0 Å². The predicted molar refractivity (Wildman–Crippen MR) is 82.3 cm³/mol. The van der Waals surface area contributed by atoms with Crippen molar-refractivity contribution in [2.24, 2.45) is 17.8 Å². The first-order chi connectivity index (χ1) is 10.5. The van der Waals surface area contributed by atoms with E-state index >= 15 is 0 Å². The maximum atomic E-state index is 12.3. The quantitative estimate of drug-likeness (QED) is 0.775. The lowest BCUT2D eigenvalue weighted by Gasteiger charge is -2.44. The molecule has 0 bridgehead atoms. The molecule has 0 spiro atoms. The predicted octanol–water partition coefficient (Wildman–Crippen LogP) is 1.76. The van der Waals surface area contributed by atoms with E-state index in [1.165, 1.54) is 0 Å². The molecule has 22 heavy (non-hydrogen) atoms. The van der Waals surface area contributed by atoms with Gasteiger partial charge in [0.2, 0.25) is 0 Å². The second kappa shape index (κ2) is 6.04. The molecule has 124 valence electrons. The minimum absolute atomic E-state index is 0.0197. The third-order valence-corrected chi connectivity index (χ3v) is 6.99. The Morgan fingerprint density at radius 2 is 2.27 bits per heavy atom. The fourth-order valence-electron chi connectivity index (χ4n) is 4.48. The van der Waals surface area contributed by atoms with Gasteiger partial charge in [-0.25, -0.2) is 0 Å². The van der Waals surface area contributed by atoms with Crippen LogP contribution >= 0.6 is 11.8 Å². The second-order valence-electron chi connectivity index (χ2n) is 6.67. The molecular formula is C16H24O5S. The molecule has 0 amide bonds. The number of ether oxygens (including phenoxy) is 2. The second-order valence-corrected chi connectivity index (χ2v) is 7.95. The highest BCUT2D eigenvalue weighted by Crippen LogP contribution is 2.58. The van der Waals surface area contributed by atoms with Gasteiger partial charge in [0.25, 0.3) is 0 Å². The molecule has 5 nitrogen and oxygen atoms in total. The van der Waals surface area contributed by atoms with Gasteiger partial charge in [-0.2, -0.15) is 11.8 Å². The fourth-order valence-corrected chi connectivity index (χ4v) is 5.99. The van der Waals surface area contributed by atoms with E-state index in [4.69, 9.17) is 9.47 Å². The molecular weight excluding hydrogens is 304 g/mol. The largest absolute Gasteiger partial charge is 0.466 e. The minimum Gasteiger partial charge on any atom is -0.466 e. The third-order valence-electron chi connectivity index (χ3n) is 5.43. The molecule has 1 heterocycles. The van der Waals surface area contributed by atoms with Crippen molar-refractivity contribution in [2.75, 3.05) is 12.4 Å². The van der Waals surface area contributed by atoms with Gasteiger partial charge < -0.3 is 14.6 Å². The smallest absolute Gasteiger partial charge is 0.313 e. The van der Waals surface area contributed by atoms with Crippen molar-refractivity contribution in [3.8, 4) is 0 Å². The Balaban J connectivity index is 1.68. The normalized spacial score (nSPS) is 42.9. The Morgan fingerprint density at radius 3 is 3.00 bits per heavy atom. The molecule has 0 aromatic rings. The van der Waals surface area contributed by atoms with Gasteiger partial charge in [-0.3, -0.25) is 9.59 Å². The van der Waals surface area contributed by atoms with Crippen molar-refractivity contribution >= 4 is 23.7 Å². The summed E-state index contributed by atoms with van der Waals surface area (Å²) in [4.78, 5) is 23.7. The van der Waals surface area contributed by atoms with Crippen LogP contribution < -0.4 is 0 Å². The van der Waals surface area contributed by atoms with Gasteiger partial charge in [-0.1, -0.05) is 6.92 Å². The monoisotopic (exact) mass is 328 g/mol. The first-order valence-electron chi connectivity index (χ1n) is 8.18. The molecule has 1 unspecified atom stereocenters. The van der Waals surface area contributed by atoms with Crippen LogP contribution in [0.3, 0.4) is 0 Å². The van der Waals surface area contributed by atoms with E-state index in [0.717, 1.165) is 19.3 Å². The lowest BCUT2D eigenvalue weighted by atomic mass is 9.66. The summed E-state index contributed by atoms with van der Waals surface area (Å²) in [5, 5.41) is 11.1. The molecule has 2 saturated carbocycles. The highest BCUT2D eigenvalue weighted by Gasteiger charge is 2.68. The number of carbonyl (C=O) groups is 2. The van der Waals surface area contributed by atoms with E-state index in [1.54, 1.807) is 18.7 Å². The Morgan fingerprint density at radius 1 is 1.50 bits per heavy atom. The van der Waals surface area contributed by atoms with E-state index in [9.17, 15) is 14.7 Å². The molecule has 3 fully saturated rings. The average Bonchev–Trinajstić information content (AvgIpc) is 2.89. The molecule has 1 aliphatic heterocycles. The standard InChI is InChI=1S/C16H24O5S/c1-3-20-12(17)6-7-22-14-9(2)8-10-4-5-11-16(10,19)13(14)15(18)21-11/h9-11,13-14,19H,3-8H2,1-2H3/t9-,10+,11+,13?,14+,16+/m0/s1. The molecule has 2 aliphatic carbocycles. The molecule has 1 N–H and O–H groups in total. The molecule has 3 aliphatic rings. The first kappa shape index (κ1) is 16.1. The van der Waals surface area contributed by atoms with Crippen LogP contribution in [0.5, 0.6) is 0 Å². The molecule has 1 saturated heterocycles. The number of hydrogen-bond acceptors (Lipinski definition) is 6. The molecule has 6 heteroatoms. The summed E-state index contributed by atoms with van der Waals surface area (Å²) in [6, 6.07) is 0. The molecule has 0 aromatic carbocycles. The Bertz CT molecular complexity index is 467. The van der Waals surface area contributed by atoms with Crippen LogP contribution in [0, 0.1) is 17.8 Å². The highest BCUT2D eigenvalue weighted by atomic mass is 32.2. The van der Waals surface area contributed by atoms with Crippen LogP contribution in [-0.4, -0.2) is 46.4 Å². The molecule has 3 rings (SSSR count). The summed E-state index contributed by atoms with van der Waals surface area (Å²) >= 11 is 1.61. The third kappa shape index (κ3) is 2.44. The van der Waals surface area contributed by atoms with Gasteiger partial charge in [0.15, 0.2) is 0 Å². The topological polar surface area (TPSA) is 72.8 Å². The maximum absolute atomic E-state index is 12.3. The van der Waals surface area contributed by atoms with Gasteiger partial charge in [0.05, 0.1) is 13.0 Å². The number of rotatable bonds is 5. The van der Waals surface area contributed by atoms with Gasteiger partial charge in [0.1, 0.15) is 17.6 Å². The van der Waals surface area contributed by atoms with Gasteiger partial charge in [-0.15, -0.1) is 0 Å². The maximum Gasteiger partial charge on any atom is 0.313 e. The Hall–Kier alpha value is -0.750. The van der Waals surface area contributed by atoms with Crippen LogP contribution in [0.4, 0.5) is 0 Å². The zero-order valence-electron chi connectivity index (χ0n) is 13.1. The van der Waals surface area contributed by atoms with Crippen LogP contribution in [0.1, 0.15) is 39.5 Å². The Kier molecular flexibility index (Phi) is 4.42. The fraction of sp³-hybridized carbons (Fsp3) is 0.875. The van der Waals surface area contributed by atoms with Crippen LogP contribution in [0.15, 0.2) is 0 Å². The van der Waals surface area contributed by atoms with Crippen LogP contribution in [0.2, 0.25) is 0 Å². The Labute approximate surface area is 135 Å².